The van der Waals surface area contributed by atoms with Crippen molar-refractivity contribution < 1.29 is 4.92 Å². The van der Waals surface area contributed by atoms with Gasteiger partial charge < -0.3 is 0 Å². The van der Waals surface area contributed by atoms with E-state index in [9.17, 15) is 10.1 Å². The Kier molecular flexibility index (Phi) is 3.35. The third-order valence-corrected chi connectivity index (χ3v) is 2.45. The topological polar surface area (TPSA) is 56.0 Å². The highest BCUT2D eigenvalue weighted by molar-refractivity contribution is 7.98. The minimum absolute atomic E-state index is 0.00866. The molecule has 0 aliphatic heterocycles. The average molecular weight is 239 g/mol. The fraction of sp³-hybridized carbons (Fsp3) is 0.167. The number of aromatic nitrogens is 1. The van der Waals surface area contributed by atoms with Crippen LogP contribution in [-0.4, -0.2) is 16.2 Å². The fourth-order valence-electron chi connectivity index (χ4n) is 0.724. The van der Waals surface area contributed by atoms with Gasteiger partial charge in [0.15, 0.2) is 0 Å². The van der Waals surface area contributed by atoms with Crippen LogP contribution in [0.5, 0.6) is 0 Å². The Morgan fingerprint density at radius 3 is 2.62 bits per heavy atom. The molecular weight excluding hydrogens is 235 g/mol. The van der Waals surface area contributed by atoms with Crippen LogP contribution in [0.4, 0.5) is 5.69 Å². The van der Waals surface area contributed by atoms with Crippen LogP contribution in [0.1, 0.15) is 0 Å². The van der Waals surface area contributed by atoms with Gasteiger partial charge in [0.1, 0.15) is 5.02 Å². The monoisotopic (exact) mass is 238 g/mol. The van der Waals surface area contributed by atoms with Gasteiger partial charge in [0, 0.05) is 0 Å². The average Bonchev–Trinajstić information content (AvgIpc) is 2.02. The number of hydrogen-bond donors (Lipinski definition) is 0. The van der Waals surface area contributed by atoms with E-state index in [1.807, 2.05) is 0 Å². The van der Waals surface area contributed by atoms with Crippen molar-refractivity contribution in [2.75, 3.05) is 6.26 Å². The first-order valence-electron chi connectivity index (χ1n) is 3.10. The van der Waals surface area contributed by atoms with Crippen LogP contribution in [0, 0.1) is 10.1 Å². The van der Waals surface area contributed by atoms with Crippen LogP contribution in [0.15, 0.2) is 11.1 Å². The van der Waals surface area contributed by atoms with Gasteiger partial charge >= 0.3 is 5.69 Å². The first kappa shape index (κ1) is 10.6. The lowest BCUT2D eigenvalue weighted by molar-refractivity contribution is -0.384. The van der Waals surface area contributed by atoms with Crippen LogP contribution in [0.3, 0.4) is 0 Å². The summed E-state index contributed by atoms with van der Waals surface area (Å²) in [5.74, 6) is 0. The maximum Gasteiger partial charge on any atom is 0.324 e. The smallest absolute Gasteiger partial charge is 0.258 e. The maximum absolute atomic E-state index is 10.4. The van der Waals surface area contributed by atoms with E-state index < -0.39 is 4.92 Å². The quantitative estimate of drug-likeness (QED) is 0.344. The summed E-state index contributed by atoms with van der Waals surface area (Å²) in [6, 6.07) is 1.41. The molecule has 0 spiro atoms. The van der Waals surface area contributed by atoms with Crippen LogP contribution < -0.4 is 0 Å². The molecule has 70 valence electrons. The highest BCUT2D eigenvalue weighted by Crippen LogP contribution is 2.33. The van der Waals surface area contributed by atoms with Gasteiger partial charge in [-0.2, -0.15) is 0 Å². The summed E-state index contributed by atoms with van der Waals surface area (Å²) < 4.78 is 0. The van der Waals surface area contributed by atoms with Crippen molar-refractivity contribution in [3.8, 4) is 0 Å². The molecule has 0 saturated carbocycles. The van der Waals surface area contributed by atoms with E-state index in [-0.39, 0.29) is 15.9 Å². The number of halogens is 2. The molecule has 1 heterocycles. The second kappa shape index (κ2) is 4.13. The molecule has 7 heteroatoms. The number of nitrogens with zero attached hydrogens (tertiary/aromatic N) is 2. The van der Waals surface area contributed by atoms with Gasteiger partial charge in [-0.25, -0.2) is 4.98 Å². The molecule has 0 fully saturated rings. The second-order valence-electron chi connectivity index (χ2n) is 2.04. The minimum Gasteiger partial charge on any atom is -0.258 e. The Bertz CT molecular complexity index is 335. The second-order valence-corrected chi connectivity index (χ2v) is 3.63. The SMILES string of the molecule is CSc1cc(Cl)c([N+](=O)[O-])c(Cl)n1. The lowest BCUT2D eigenvalue weighted by atomic mass is 10.4. The molecule has 0 aliphatic carbocycles. The number of thioether (sulfide) groups is 1. The normalized spacial score (nSPS) is 10.1. The molecule has 1 aromatic heterocycles. The highest BCUT2D eigenvalue weighted by atomic mass is 35.5. The number of rotatable bonds is 2. The molecule has 13 heavy (non-hydrogen) atoms. The number of hydrogen-bond acceptors (Lipinski definition) is 4. The van der Waals surface area contributed by atoms with Gasteiger partial charge in [0.25, 0.3) is 0 Å². The molecule has 4 nitrogen and oxygen atoms in total. The zero-order chi connectivity index (χ0) is 10.0. The molecule has 0 aromatic carbocycles. The zero-order valence-electron chi connectivity index (χ0n) is 6.45. The predicted molar refractivity (Wildman–Crippen MR) is 52.7 cm³/mol. The molecule has 0 amide bonds. The van der Waals surface area contributed by atoms with Crippen molar-refractivity contribution in [2.45, 2.75) is 5.03 Å². The molecule has 1 rings (SSSR count). The summed E-state index contributed by atoms with van der Waals surface area (Å²) in [5.41, 5.74) is -0.346. The first-order valence-corrected chi connectivity index (χ1v) is 5.08. The van der Waals surface area contributed by atoms with Crippen LogP contribution in [0.2, 0.25) is 10.2 Å². The molecule has 0 unspecified atom stereocenters. The Morgan fingerprint density at radius 2 is 2.23 bits per heavy atom. The maximum atomic E-state index is 10.4. The van der Waals surface area contributed by atoms with Crippen molar-refractivity contribution >= 4 is 40.7 Å². The lowest BCUT2D eigenvalue weighted by Gasteiger charge is -1.99. The van der Waals surface area contributed by atoms with E-state index in [1.165, 1.54) is 17.8 Å². The van der Waals surface area contributed by atoms with Gasteiger partial charge in [0.2, 0.25) is 5.15 Å². The van der Waals surface area contributed by atoms with E-state index in [4.69, 9.17) is 23.2 Å². The third kappa shape index (κ3) is 2.24. The van der Waals surface area contributed by atoms with E-state index in [0.717, 1.165) is 0 Å². The number of pyridine rings is 1. The molecule has 0 bridgehead atoms. The predicted octanol–water partition coefficient (Wildman–Crippen LogP) is 3.02. The Balaban J connectivity index is 3.31. The summed E-state index contributed by atoms with van der Waals surface area (Å²) in [5, 5.41) is 10.8. The first-order chi connectivity index (χ1) is 6.06. The molecule has 0 N–H and O–H groups in total. The molecule has 0 atom stereocenters. The standard InChI is InChI=1S/C6H4Cl2N2O2S/c1-13-4-2-3(7)5(10(11)12)6(8)9-4/h2H,1H3. The number of nitro groups is 1. The Morgan fingerprint density at radius 1 is 1.62 bits per heavy atom. The fourth-order valence-corrected chi connectivity index (χ4v) is 1.83. The highest BCUT2D eigenvalue weighted by Gasteiger charge is 2.19. The van der Waals surface area contributed by atoms with E-state index in [0.29, 0.717) is 5.03 Å². The van der Waals surface area contributed by atoms with Crippen LogP contribution in [0.25, 0.3) is 0 Å². The van der Waals surface area contributed by atoms with Crippen molar-refractivity contribution in [3.05, 3.63) is 26.4 Å². The Labute approximate surface area is 88.4 Å². The zero-order valence-corrected chi connectivity index (χ0v) is 8.78. The third-order valence-electron chi connectivity index (χ3n) is 1.27. The van der Waals surface area contributed by atoms with E-state index in [1.54, 1.807) is 6.26 Å². The van der Waals surface area contributed by atoms with E-state index in [2.05, 4.69) is 4.98 Å². The van der Waals surface area contributed by atoms with Crippen LogP contribution >= 0.6 is 35.0 Å². The van der Waals surface area contributed by atoms with E-state index >= 15 is 0 Å². The summed E-state index contributed by atoms with van der Waals surface area (Å²) in [7, 11) is 0. The summed E-state index contributed by atoms with van der Waals surface area (Å²) in [6.45, 7) is 0. The van der Waals surface area contributed by atoms with Gasteiger partial charge in [-0.1, -0.05) is 23.2 Å². The molecular formula is C6H4Cl2N2O2S. The van der Waals surface area contributed by atoms with Crippen molar-refractivity contribution in [1.29, 1.82) is 0 Å². The lowest BCUT2D eigenvalue weighted by Crippen LogP contribution is -1.93. The summed E-state index contributed by atoms with van der Waals surface area (Å²) >= 11 is 12.5. The molecule has 1 aromatic rings. The Hall–Kier alpha value is -0.520. The van der Waals surface area contributed by atoms with Crippen LogP contribution in [-0.2, 0) is 0 Å². The van der Waals surface area contributed by atoms with Gasteiger partial charge in [-0.3, -0.25) is 10.1 Å². The van der Waals surface area contributed by atoms with Crippen molar-refractivity contribution in [1.82, 2.24) is 4.98 Å². The van der Waals surface area contributed by atoms with Gasteiger partial charge in [-0.15, -0.1) is 11.8 Å². The largest absolute Gasteiger partial charge is 0.324 e. The van der Waals surface area contributed by atoms with Gasteiger partial charge in [-0.05, 0) is 12.3 Å². The van der Waals surface area contributed by atoms with Crippen molar-refractivity contribution in [3.63, 3.8) is 0 Å². The van der Waals surface area contributed by atoms with Crippen molar-refractivity contribution in [2.24, 2.45) is 0 Å². The molecule has 0 saturated heterocycles. The molecule has 0 radical (unpaired) electrons. The van der Waals surface area contributed by atoms with Gasteiger partial charge in [0.05, 0.1) is 9.95 Å². The summed E-state index contributed by atoms with van der Waals surface area (Å²) in [6.07, 6.45) is 1.78. The minimum atomic E-state index is -0.651. The molecule has 0 aliphatic rings. The summed E-state index contributed by atoms with van der Waals surface area (Å²) in [4.78, 5) is 13.6.